The first-order valence-electron chi connectivity index (χ1n) is 9.43. The summed E-state index contributed by atoms with van der Waals surface area (Å²) in [6, 6.07) is 13.7. The number of hydrogen-bond donors (Lipinski definition) is 2. The molecule has 0 spiro atoms. The number of amides is 1. The van der Waals surface area contributed by atoms with Gasteiger partial charge in [-0.05, 0) is 29.3 Å². The van der Waals surface area contributed by atoms with Gasteiger partial charge >= 0.3 is 0 Å². The Morgan fingerprint density at radius 2 is 1.93 bits per heavy atom. The quantitative estimate of drug-likeness (QED) is 0.519. The molecule has 142 valence electrons. The number of carbonyl (C=O) groups is 1. The number of rotatable bonds is 7. The van der Waals surface area contributed by atoms with Gasteiger partial charge in [0.15, 0.2) is 5.65 Å². The van der Waals surface area contributed by atoms with Gasteiger partial charge in [-0.3, -0.25) is 4.79 Å². The molecule has 7 heteroatoms. The number of anilines is 1. The minimum absolute atomic E-state index is 0.0952. The summed E-state index contributed by atoms with van der Waals surface area (Å²) in [4.78, 5) is 21.1. The Morgan fingerprint density at radius 3 is 2.79 bits per heavy atom. The van der Waals surface area contributed by atoms with E-state index in [2.05, 4.69) is 32.6 Å². The van der Waals surface area contributed by atoms with E-state index in [0.717, 1.165) is 40.6 Å². The topological polar surface area (TPSA) is 84.7 Å². The lowest BCUT2D eigenvalue weighted by atomic mass is 10.1. The number of hydrogen-bond acceptors (Lipinski definition) is 5. The van der Waals surface area contributed by atoms with Gasteiger partial charge in [0.1, 0.15) is 12.1 Å². The molecule has 0 aliphatic rings. The highest BCUT2D eigenvalue weighted by atomic mass is 16.1. The Balaban J connectivity index is 1.42. The number of fused-ring (bicyclic) bond motifs is 2. The molecule has 28 heavy (non-hydrogen) atoms. The fourth-order valence-corrected chi connectivity index (χ4v) is 3.15. The van der Waals surface area contributed by atoms with E-state index >= 15 is 0 Å². The number of carbonyl (C=O) groups excluding carboxylic acids is 1. The highest BCUT2D eigenvalue weighted by Crippen LogP contribution is 2.18. The van der Waals surface area contributed by atoms with Crippen LogP contribution in [0, 0.1) is 0 Å². The summed E-state index contributed by atoms with van der Waals surface area (Å²) >= 11 is 0. The zero-order valence-corrected chi connectivity index (χ0v) is 15.7. The summed E-state index contributed by atoms with van der Waals surface area (Å²) in [5.74, 6) is 0.695. The highest BCUT2D eigenvalue weighted by molar-refractivity contribution is 5.98. The third-order valence-corrected chi connectivity index (χ3v) is 4.60. The SMILES string of the molecule is CCCNc1ncnc2c1cnn2CCNC(=O)c1ccc2ccccc2c1. The van der Waals surface area contributed by atoms with Crippen LogP contribution in [-0.2, 0) is 6.54 Å². The fraction of sp³-hybridized carbons (Fsp3) is 0.238. The highest BCUT2D eigenvalue weighted by Gasteiger charge is 2.10. The van der Waals surface area contributed by atoms with E-state index in [1.54, 1.807) is 10.9 Å². The monoisotopic (exact) mass is 374 g/mol. The molecule has 0 saturated heterocycles. The van der Waals surface area contributed by atoms with Gasteiger partial charge in [0, 0.05) is 18.7 Å². The summed E-state index contributed by atoms with van der Waals surface area (Å²) in [6.45, 7) is 3.95. The lowest BCUT2D eigenvalue weighted by Crippen LogP contribution is -2.27. The maximum absolute atomic E-state index is 12.5. The molecule has 4 aromatic rings. The molecule has 2 aromatic heterocycles. The third kappa shape index (κ3) is 3.64. The maximum Gasteiger partial charge on any atom is 0.251 e. The van der Waals surface area contributed by atoms with Gasteiger partial charge in [0.2, 0.25) is 0 Å². The van der Waals surface area contributed by atoms with Crippen molar-refractivity contribution in [2.24, 2.45) is 0 Å². The van der Waals surface area contributed by atoms with Crippen LogP contribution in [0.4, 0.5) is 5.82 Å². The molecule has 2 heterocycles. The van der Waals surface area contributed by atoms with Crippen molar-refractivity contribution in [1.29, 1.82) is 0 Å². The van der Waals surface area contributed by atoms with Gasteiger partial charge in [-0.2, -0.15) is 5.10 Å². The van der Waals surface area contributed by atoms with Gasteiger partial charge in [0.25, 0.3) is 5.91 Å². The van der Waals surface area contributed by atoms with Crippen LogP contribution in [-0.4, -0.2) is 38.7 Å². The Morgan fingerprint density at radius 1 is 1.07 bits per heavy atom. The second-order valence-corrected chi connectivity index (χ2v) is 6.57. The van der Waals surface area contributed by atoms with Crippen molar-refractivity contribution in [1.82, 2.24) is 25.1 Å². The molecule has 0 radical (unpaired) electrons. The molecular formula is C21H22N6O. The van der Waals surface area contributed by atoms with Crippen molar-refractivity contribution < 1.29 is 4.79 Å². The molecule has 2 aromatic carbocycles. The standard InChI is InChI=1S/C21H22N6O/c1-2-9-22-19-18-13-26-27(20(18)25-14-24-19)11-10-23-21(28)17-8-7-15-5-3-4-6-16(15)12-17/h3-8,12-14H,2,9-11H2,1H3,(H,23,28)(H,22,24,25). The third-order valence-electron chi connectivity index (χ3n) is 4.60. The number of benzene rings is 2. The summed E-state index contributed by atoms with van der Waals surface area (Å²) in [7, 11) is 0. The molecule has 0 atom stereocenters. The Bertz CT molecular complexity index is 1120. The van der Waals surface area contributed by atoms with Crippen LogP contribution in [0.5, 0.6) is 0 Å². The van der Waals surface area contributed by atoms with E-state index in [1.165, 1.54) is 6.33 Å². The van der Waals surface area contributed by atoms with Crippen molar-refractivity contribution >= 4 is 33.5 Å². The van der Waals surface area contributed by atoms with Crippen LogP contribution < -0.4 is 10.6 Å². The summed E-state index contributed by atoms with van der Waals surface area (Å²) < 4.78 is 1.79. The zero-order valence-electron chi connectivity index (χ0n) is 15.7. The number of aromatic nitrogens is 4. The first-order valence-corrected chi connectivity index (χ1v) is 9.43. The van der Waals surface area contributed by atoms with Gasteiger partial charge in [-0.25, -0.2) is 14.6 Å². The maximum atomic E-state index is 12.5. The van der Waals surface area contributed by atoms with Gasteiger partial charge in [-0.15, -0.1) is 0 Å². The van der Waals surface area contributed by atoms with E-state index in [9.17, 15) is 4.79 Å². The molecule has 1 amide bonds. The summed E-state index contributed by atoms with van der Waals surface area (Å²) in [5.41, 5.74) is 1.41. The van der Waals surface area contributed by atoms with E-state index in [0.29, 0.717) is 18.7 Å². The summed E-state index contributed by atoms with van der Waals surface area (Å²) in [6.07, 6.45) is 4.31. The molecule has 4 rings (SSSR count). The Kier molecular flexibility index (Phi) is 5.14. The average Bonchev–Trinajstić information content (AvgIpc) is 3.15. The van der Waals surface area contributed by atoms with Crippen LogP contribution in [0.3, 0.4) is 0 Å². The van der Waals surface area contributed by atoms with Crippen LogP contribution in [0.2, 0.25) is 0 Å². The first kappa shape index (κ1) is 17.9. The number of nitrogens with one attached hydrogen (secondary N) is 2. The molecule has 0 bridgehead atoms. The number of nitrogens with zero attached hydrogens (tertiary/aromatic N) is 4. The Hall–Kier alpha value is -3.48. The van der Waals surface area contributed by atoms with Crippen LogP contribution in [0.25, 0.3) is 21.8 Å². The zero-order chi connectivity index (χ0) is 19.3. The molecule has 0 saturated carbocycles. The smallest absolute Gasteiger partial charge is 0.251 e. The minimum Gasteiger partial charge on any atom is -0.369 e. The van der Waals surface area contributed by atoms with Crippen molar-refractivity contribution in [3.05, 3.63) is 60.6 Å². The van der Waals surface area contributed by atoms with E-state index in [4.69, 9.17) is 0 Å². The van der Waals surface area contributed by atoms with Crippen molar-refractivity contribution in [3.8, 4) is 0 Å². The Labute approximate surface area is 162 Å². The largest absolute Gasteiger partial charge is 0.369 e. The first-order chi connectivity index (χ1) is 13.8. The normalized spacial score (nSPS) is 11.0. The van der Waals surface area contributed by atoms with Gasteiger partial charge in [-0.1, -0.05) is 37.3 Å². The lowest BCUT2D eigenvalue weighted by molar-refractivity contribution is 0.0952. The summed E-state index contributed by atoms with van der Waals surface area (Å²) in [5, 5.41) is 13.7. The van der Waals surface area contributed by atoms with Crippen LogP contribution in [0.1, 0.15) is 23.7 Å². The van der Waals surface area contributed by atoms with Crippen LogP contribution in [0.15, 0.2) is 55.0 Å². The minimum atomic E-state index is -0.0952. The second-order valence-electron chi connectivity index (χ2n) is 6.57. The molecular weight excluding hydrogens is 352 g/mol. The fourth-order valence-electron chi connectivity index (χ4n) is 3.15. The molecule has 2 N–H and O–H groups in total. The predicted molar refractivity (Wildman–Crippen MR) is 110 cm³/mol. The van der Waals surface area contributed by atoms with Crippen molar-refractivity contribution in [2.75, 3.05) is 18.4 Å². The van der Waals surface area contributed by atoms with E-state index in [-0.39, 0.29) is 5.91 Å². The van der Waals surface area contributed by atoms with Crippen molar-refractivity contribution in [3.63, 3.8) is 0 Å². The van der Waals surface area contributed by atoms with E-state index < -0.39 is 0 Å². The van der Waals surface area contributed by atoms with E-state index in [1.807, 2.05) is 42.5 Å². The second kappa shape index (κ2) is 8.04. The predicted octanol–water partition coefficient (Wildman–Crippen LogP) is 3.23. The lowest BCUT2D eigenvalue weighted by Gasteiger charge is -2.08. The average molecular weight is 374 g/mol. The molecule has 7 nitrogen and oxygen atoms in total. The molecule has 0 aliphatic carbocycles. The van der Waals surface area contributed by atoms with Crippen molar-refractivity contribution in [2.45, 2.75) is 19.9 Å². The van der Waals surface area contributed by atoms with Gasteiger partial charge < -0.3 is 10.6 Å². The molecule has 0 unspecified atom stereocenters. The molecule has 0 fully saturated rings. The van der Waals surface area contributed by atoms with Crippen LogP contribution >= 0.6 is 0 Å². The molecule has 0 aliphatic heterocycles. The van der Waals surface area contributed by atoms with Gasteiger partial charge in [0.05, 0.1) is 18.1 Å².